The maximum atomic E-state index is 13.0. The molecule has 196 valence electrons. The van der Waals surface area contributed by atoms with Gasteiger partial charge in [-0.25, -0.2) is 9.78 Å². The Morgan fingerprint density at radius 1 is 1.00 bits per heavy atom. The second-order valence-electron chi connectivity index (χ2n) is 9.12. The molecule has 1 aromatic heterocycles. The summed E-state index contributed by atoms with van der Waals surface area (Å²) in [4.78, 5) is 33.0. The summed E-state index contributed by atoms with van der Waals surface area (Å²) in [6, 6.07) is 22.5. The lowest BCUT2D eigenvalue weighted by Crippen LogP contribution is -2.32. The first-order valence-electron chi connectivity index (χ1n) is 12.4. The number of ketones is 1. The third kappa shape index (κ3) is 6.77. The molecule has 4 rings (SSSR count). The van der Waals surface area contributed by atoms with E-state index in [1.165, 1.54) is 4.88 Å². The van der Waals surface area contributed by atoms with E-state index < -0.39 is 12.0 Å². The molecule has 0 unspecified atom stereocenters. The molecule has 0 aliphatic heterocycles. The SMILES string of the molecule is Cc1sc(N(C)C)nc1CCOc1ccc(C[C@H](Nc2ccccc2C(=O)c2ccccc2)C(=O)O)cc1. The molecule has 38 heavy (non-hydrogen) atoms. The van der Waals surface area contributed by atoms with E-state index in [0.29, 0.717) is 35.6 Å². The van der Waals surface area contributed by atoms with Crippen LogP contribution in [0.5, 0.6) is 5.75 Å². The van der Waals surface area contributed by atoms with Crippen LogP contribution in [-0.2, 0) is 17.6 Å². The van der Waals surface area contributed by atoms with Crippen molar-refractivity contribution in [2.75, 3.05) is 30.9 Å². The summed E-state index contributed by atoms with van der Waals surface area (Å²) in [5, 5.41) is 13.9. The van der Waals surface area contributed by atoms with E-state index in [0.717, 1.165) is 16.4 Å². The fourth-order valence-corrected chi connectivity index (χ4v) is 4.88. The molecule has 4 aromatic rings. The van der Waals surface area contributed by atoms with Crippen LogP contribution in [0.15, 0.2) is 78.9 Å². The lowest BCUT2D eigenvalue weighted by atomic mass is 10.00. The molecule has 8 heteroatoms. The van der Waals surface area contributed by atoms with E-state index in [4.69, 9.17) is 4.74 Å². The zero-order chi connectivity index (χ0) is 27.1. The van der Waals surface area contributed by atoms with Crippen LogP contribution in [0.1, 0.15) is 32.1 Å². The van der Waals surface area contributed by atoms with Crippen LogP contribution in [-0.4, -0.2) is 48.6 Å². The van der Waals surface area contributed by atoms with Crippen molar-refractivity contribution in [2.24, 2.45) is 0 Å². The van der Waals surface area contributed by atoms with E-state index in [1.54, 1.807) is 59.9 Å². The van der Waals surface area contributed by atoms with Gasteiger partial charge in [-0.1, -0.05) is 54.6 Å². The predicted octanol–water partition coefficient (Wildman–Crippen LogP) is 5.48. The third-order valence-corrected chi connectivity index (χ3v) is 7.25. The Balaban J connectivity index is 1.38. The van der Waals surface area contributed by atoms with Crippen molar-refractivity contribution < 1.29 is 19.4 Å². The quantitative estimate of drug-likeness (QED) is 0.235. The molecule has 0 saturated carbocycles. The molecule has 2 N–H and O–H groups in total. The van der Waals surface area contributed by atoms with Crippen LogP contribution in [0.3, 0.4) is 0 Å². The number of aryl methyl sites for hydroxylation is 1. The highest BCUT2D eigenvalue weighted by atomic mass is 32.1. The van der Waals surface area contributed by atoms with Crippen molar-refractivity contribution in [1.29, 1.82) is 0 Å². The van der Waals surface area contributed by atoms with Gasteiger partial charge in [-0.2, -0.15) is 0 Å². The molecule has 0 bridgehead atoms. The number of aliphatic carboxylic acids is 1. The fourth-order valence-electron chi connectivity index (χ4n) is 4.00. The molecule has 0 fully saturated rings. The summed E-state index contributed by atoms with van der Waals surface area (Å²) < 4.78 is 5.90. The highest BCUT2D eigenvalue weighted by Crippen LogP contribution is 2.25. The Hall–Kier alpha value is -4.17. The Morgan fingerprint density at radius 3 is 2.34 bits per heavy atom. The van der Waals surface area contributed by atoms with Gasteiger partial charge in [-0.05, 0) is 36.8 Å². The van der Waals surface area contributed by atoms with Gasteiger partial charge in [0.05, 0.1) is 12.3 Å². The number of benzene rings is 3. The van der Waals surface area contributed by atoms with Crippen LogP contribution >= 0.6 is 11.3 Å². The van der Waals surface area contributed by atoms with Crippen LogP contribution in [0.25, 0.3) is 0 Å². The number of anilines is 2. The number of carboxylic acids is 1. The van der Waals surface area contributed by atoms with E-state index in [2.05, 4.69) is 17.2 Å². The molecule has 0 aliphatic carbocycles. The third-order valence-electron chi connectivity index (χ3n) is 6.07. The number of aromatic nitrogens is 1. The largest absolute Gasteiger partial charge is 0.493 e. The van der Waals surface area contributed by atoms with Gasteiger partial charge in [0.1, 0.15) is 11.8 Å². The Bertz CT molecular complexity index is 1380. The lowest BCUT2D eigenvalue weighted by Gasteiger charge is -2.18. The van der Waals surface area contributed by atoms with Crippen molar-refractivity contribution in [3.8, 4) is 5.75 Å². The van der Waals surface area contributed by atoms with Gasteiger partial charge in [-0.15, -0.1) is 11.3 Å². The molecule has 1 heterocycles. The summed E-state index contributed by atoms with van der Waals surface area (Å²) in [5.41, 5.74) is 3.35. The number of hydrogen-bond donors (Lipinski definition) is 2. The molecule has 0 aliphatic rings. The second kappa shape index (κ2) is 12.4. The van der Waals surface area contributed by atoms with Crippen LogP contribution < -0.4 is 15.0 Å². The fraction of sp³-hybridized carbons (Fsp3) is 0.233. The smallest absolute Gasteiger partial charge is 0.326 e. The number of rotatable bonds is 12. The minimum atomic E-state index is -0.997. The van der Waals surface area contributed by atoms with E-state index in [9.17, 15) is 14.7 Å². The van der Waals surface area contributed by atoms with Gasteiger partial charge >= 0.3 is 5.97 Å². The summed E-state index contributed by atoms with van der Waals surface area (Å²) in [6.45, 7) is 2.57. The lowest BCUT2D eigenvalue weighted by molar-refractivity contribution is -0.137. The molecular formula is C30H31N3O4S. The Morgan fingerprint density at radius 2 is 1.68 bits per heavy atom. The molecular weight excluding hydrogens is 498 g/mol. The van der Waals surface area contributed by atoms with Crippen LogP contribution in [0.2, 0.25) is 0 Å². The number of para-hydroxylation sites is 1. The second-order valence-corrected chi connectivity index (χ2v) is 10.3. The van der Waals surface area contributed by atoms with E-state index in [-0.39, 0.29) is 12.2 Å². The highest BCUT2D eigenvalue weighted by Gasteiger charge is 2.21. The molecule has 0 saturated heterocycles. The predicted molar refractivity (Wildman–Crippen MR) is 152 cm³/mol. The van der Waals surface area contributed by atoms with Crippen molar-refractivity contribution in [3.63, 3.8) is 0 Å². The molecule has 0 amide bonds. The highest BCUT2D eigenvalue weighted by molar-refractivity contribution is 7.15. The van der Waals surface area contributed by atoms with Gasteiger partial charge in [0.2, 0.25) is 0 Å². The molecule has 1 atom stereocenters. The molecule has 0 radical (unpaired) electrons. The first kappa shape index (κ1) is 26.9. The van der Waals surface area contributed by atoms with Gasteiger partial charge in [0, 0.05) is 48.6 Å². The summed E-state index contributed by atoms with van der Waals surface area (Å²) in [7, 11) is 3.96. The Kier molecular flexibility index (Phi) is 8.76. The van der Waals surface area contributed by atoms with Gasteiger partial charge in [0.25, 0.3) is 0 Å². The van der Waals surface area contributed by atoms with Gasteiger partial charge in [-0.3, -0.25) is 4.79 Å². The maximum Gasteiger partial charge on any atom is 0.326 e. The van der Waals surface area contributed by atoms with Crippen molar-refractivity contribution in [1.82, 2.24) is 4.98 Å². The van der Waals surface area contributed by atoms with Crippen molar-refractivity contribution >= 4 is 33.9 Å². The summed E-state index contributed by atoms with van der Waals surface area (Å²) >= 11 is 1.67. The Labute approximate surface area is 226 Å². The number of nitrogens with zero attached hydrogens (tertiary/aromatic N) is 2. The number of hydrogen-bond acceptors (Lipinski definition) is 7. The van der Waals surface area contributed by atoms with Crippen molar-refractivity contribution in [3.05, 3.63) is 106 Å². The first-order chi connectivity index (χ1) is 18.3. The summed E-state index contributed by atoms with van der Waals surface area (Å²) in [6.07, 6.45) is 0.957. The number of ether oxygens (including phenoxy) is 1. The monoisotopic (exact) mass is 529 g/mol. The van der Waals surface area contributed by atoms with Crippen molar-refractivity contribution in [2.45, 2.75) is 25.8 Å². The average Bonchev–Trinajstić information content (AvgIpc) is 3.30. The van der Waals surface area contributed by atoms with E-state index in [1.807, 2.05) is 49.3 Å². The average molecular weight is 530 g/mol. The van der Waals surface area contributed by atoms with E-state index >= 15 is 0 Å². The molecule has 7 nitrogen and oxygen atoms in total. The number of carbonyl (C=O) groups is 2. The zero-order valence-corrected chi connectivity index (χ0v) is 22.5. The number of carbonyl (C=O) groups excluding carboxylic acids is 1. The molecule has 3 aromatic carbocycles. The minimum absolute atomic E-state index is 0.162. The number of nitrogens with one attached hydrogen (secondary N) is 1. The minimum Gasteiger partial charge on any atom is -0.493 e. The van der Waals surface area contributed by atoms with Gasteiger partial charge in [0.15, 0.2) is 10.9 Å². The van der Waals surface area contributed by atoms with Crippen LogP contribution in [0, 0.1) is 6.92 Å². The first-order valence-corrected chi connectivity index (χ1v) is 13.2. The zero-order valence-electron chi connectivity index (χ0n) is 21.7. The molecule has 0 spiro atoms. The van der Waals surface area contributed by atoms with Gasteiger partial charge < -0.3 is 20.1 Å². The van der Waals surface area contributed by atoms with Crippen LogP contribution in [0.4, 0.5) is 10.8 Å². The standard InChI is InChI=1S/C30H31N3O4S/c1-20-25(32-30(38-20)33(2)3)17-18-37-23-15-13-21(14-16-23)19-27(29(35)36)31-26-12-8-7-11-24(26)28(34)22-9-5-4-6-10-22/h4-16,27,31H,17-19H2,1-3H3,(H,35,36)/t27-/m0/s1. The topological polar surface area (TPSA) is 91.8 Å². The normalized spacial score (nSPS) is 11.6. The number of thiazole rings is 1. The maximum absolute atomic E-state index is 13.0. The number of carboxylic acid groups (broad SMARTS) is 1. The summed E-state index contributed by atoms with van der Waals surface area (Å²) in [5.74, 6) is -0.443.